The molecule has 0 spiro atoms. The molecule has 0 aliphatic carbocycles. The van der Waals surface area contributed by atoms with E-state index in [1.807, 2.05) is 26.0 Å². The molecule has 1 aromatic rings. The van der Waals surface area contributed by atoms with Gasteiger partial charge in [-0.05, 0) is 0 Å². The van der Waals surface area contributed by atoms with Gasteiger partial charge >= 0.3 is 56.6 Å². The average Bonchev–Trinajstić information content (AvgIpc) is 1.90. The van der Waals surface area contributed by atoms with Crippen LogP contribution in [-0.2, 0) is 0 Å². The second kappa shape index (κ2) is 2.67. The van der Waals surface area contributed by atoms with E-state index in [4.69, 9.17) is 0 Å². The van der Waals surface area contributed by atoms with Crippen LogP contribution < -0.4 is 0 Å². The standard InChI is InChI=1S/C7H8B2/c8-7(9)6-4-2-1-3-5-6/h1-5,8H,9H2. The first kappa shape index (κ1) is 6.34. The molecule has 2 heteroatoms. The maximum atomic E-state index is 3.83. The molecule has 0 atom stereocenters. The Morgan fingerprint density at radius 1 is 1.22 bits per heavy atom. The van der Waals surface area contributed by atoms with E-state index in [1.54, 1.807) is 0 Å². The molecule has 0 heterocycles. The third-order valence-corrected chi connectivity index (χ3v) is 1.27. The third-order valence-electron chi connectivity index (χ3n) is 1.27. The molecule has 0 saturated carbocycles. The minimum atomic E-state index is 1.12. The van der Waals surface area contributed by atoms with Gasteiger partial charge in [0.2, 0.25) is 0 Å². The van der Waals surface area contributed by atoms with Crippen LogP contribution in [0.4, 0.5) is 0 Å². The Bertz CT molecular complexity index is 203. The molecule has 0 N–H and O–H groups in total. The summed E-state index contributed by atoms with van der Waals surface area (Å²) in [5, 5.41) is 1.12. The average molecular weight is 114 g/mol. The van der Waals surface area contributed by atoms with E-state index >= 15 is 0 Å². The number of hydrogen-bond acceptors (Lipinski definition) is 0. The van der Waals surface area contributed by atoms with Crippen molar-refractivity contribution in [1.29, 1.82) is 0 Å². The van der Waals surface area contributed by atoms with Crippen LogP contribution in [0.25, 0.3) is 0 Å². The van der Waals surface area contributed by atoms with Crippen molar-refractivity contribution in [2.24, 2.45) is 0 Å². The van der Waals surface area contributed by atoms with Crippen LogP contribution >= 0.6 is 0 Å². The zero-order valence-electron chi connectivity index (χ0n) is 5.59. The fourth-order valence-electron chi connectivity index (χ4n) is 0.723. The predicted molar refractivity (Wildman–Crippen MR) is 46.2 cm³/mol. The molecule has 0 nitrogen and oxygen atoms in total. The topological polar surface area (TPSA) is 0 Å². The second-order valence-electron chi connectivity index (χ2n) is 2.15. The van der Waals surface area contributed by atoms with Crippen molar-refractivity contribution >= 4 is 20.7 Å². The first-order valence-electron chi connectivity index (χ1n) is 3.01. The van der Waals surface area contributed by atoms with Gasteiger partial charge in [-0.15, -0.1) is 0 Å². The van der Waals surface area contributed by atoms with E-state index in [0.29, 0.717) is 0 Å². The Balaban J connectivity index is 2.98. The summed E-state index contributed by atoms with van der Waals surface area (Å²) < 4.78 is 0. The van der Waals surface area contributed by atoms with Gasteiger partial charge in [0, 0.05) is 0 Å². The van der Waals surface area contributed by atoms with Crippen molar-refractivity contribution in [2.75, 3.05) is 0 Å². The van der Waals surface area contributed by atoms with Gasteiger partial charge in [0.25, 0.3) is 0 Å². The Labute approximate surface area is 57.4 Å². The van der Waals surface area contributed by atoms with Crippen molar-refractivity contribution < 1.29 is 0 Å². The van der Waals surface area contributed by atoms with Gasteiger partial charge in [-0.3, -0.25) is 0 Å². The van der Waals surface area contributed by atoms with Crippen LogP contribution in [-0.4, -0.2) is 20.7 Å². The minimum absolute atomic E-state index is 1.12. The molecule has 1 rings (SSSR count). The predicted octanol–water partition coefficient (Wildman–Crippen LogP) is -0.302. The monoisotopic (exact) mass is 114 g/mol. The molecule has 1 aromatic carbocycles. The fourth-order valence-corrected chi connectivity index (χ4v) is 0.723. The Morgan fingerprint density at radius 2 is 1.78 bits per heavy atom. The first-order chi connectivity index (χ1) is 4.30. The normalized spacial score (nSPS) is 8.78. The molecule has 9 heavy (non-hydrogen) atoms. The number of rotatable bonds is 1. The van der Waals surface area contributed by atoms with E-state index in [1.165, 1.54) is 5.56 Å². The quantitative estimate of drug-likeness (QED) is 0.439. The SMILES string of the molecule is B=C(B)c1ccccc1. The van der Waals surface area contributed by atoms with E-state index in [-0.39, 0.29) is 0 Å². The van der Waals surface area contributed by atoms with Crippen LogP contribution in [0.5, 0.6) is 0 Å². The van der Waals surface area contributed by atoms with Gasteiger partial charge in [-0.1, -0.05) is 0 Å². The molecule has 0 fully saturated rings. The van der Waals surface area contributed by atoms with E-state index in [2.05, 4.69) is 19.6 Å². The molecule has 0 radical (unpaired) electrons. The molecule has 0 aliphatic rings. The molecule has 0 unspecified atom stereocenters. The first-order valence-corrected chi connectivity index (χ1v) is 3.01. The van der Waals surface area contributed by atoms with Crippen molar-refractivity contribution in [3.63, 3.8) is 0 Å². The summed E-state index contributed by atoms with van der Waals surface area (Å²) in [5.74, 6) is 0. The van der Waals surface area contributed by atoms with Gasteiger partial charge in [-0.2, -0.15) is 0 Å². The van der Waals surface area contributed by atoms with Crippen LogP contribution in [0.2, 0.25) is 0 Å². The van der Waals surface area contributed by atoms with E-state index in [0.717, 1.165) is 5.36 Å². The number of hydrogen-bond donors (Lipinski definition) is 0. The molecule has 0 aromatic heterocycles. The summed E-state index contributed by atoms with van der Waals surface area (Å²) in [4.78, 5) is 0. The molecule has 42 valence electrons. The van der Waals surface area contributed by atoms with Crippen molar-refractivity contribution in [2.45, 2.75) is 0 Å². The zero-order chi connectivity index (χ0) is 6.69. The molecular weight excluding hydrogens is 106 g/mol. The van der Waals surface area contributed by atoms with Gasteiger partial charge in [0.1, 0.15) is 0 Å². The maximum absolute atomic E-state index is 3.83. The van der Waals surface area contributed by atoms with Crippen molar-refractivity contribution in [3.8, 4) is 0 Å². The zero-order valence-corrected chi connectivity index (χ0v) is 5.59. The number of benzene rings is 1. The van der Waals surface area contributed by atoms with Gasteiger partial charge in [0.15, 0.2) is 0 Å². The fraction of sp³-hybridized carbons (Fsp3) is 0. The van der Waals surface area contributed by atoms with Crippen LogP contribution in [0, 0.1) is 0 Å². The van der Waals surface area contributed by atoms with Gasteiger partial charge < -0.3 is 0 Å². The summed E-state index contributed by atoms with van der Waals surface area (Å²) >= 11 is 0. The molecule has 0 bridgehead atoms. The summed E-state index contributed by atoms with van der Waals surface area (Å²) in [6.45, 7) is 0. The van der Waals surface area contributed by atoms with Gasteiger partial charge in [0.05, 0.1) is 0 Å². The van der Waals surface area contributed by atoms with E-state index in [9.17, 15) is 0 Å². The Morgan fingerprint density at radius 3 is 2.11 bits per heavy atom. The Kier molecular flexibility index (Phi) is 1.88. The van der Waals surface area contributed by atoms with Crippen LogP contribution in [0.15, 0.2) is 30.3 Å². The Hall–Kier alpha value is -0.780. The second-order valence-corrected chi connectivity index (χ2v) is 2.15. The van der Waals surface area contributed by atoms with Crippen molar-refractivity contribution in [3.05, 3.63) is 35.9 Å². The van der Waals surface area contributed by atoms with Crippen LogP contribution in [0.1, 0.15) is 5.56 Å². The molecule has 0 amide bonds. The van der Waals surface area contributed by atoms with Crippen LogP contribution in [0.3, 0.4) is 0 Å². The summed E-state index contributed by atoms with van der Waals surface area (Å²) in [7, 11) is 5.83. The summed E-state index contributed by atoms with van der Waals surface area (Å²) in [5.41, 5.74) is 1.22. The molecular formula is C7H8B2. The molecule has 0 aliphatic heterocycles. The van der Waals surface area contributed by atoms with Crippen molar-refractivity contribution in [1.82, 2.24) is 0 Å². The summed E-state index contributed by atoms with van der Waals surface area (Å²) in [6.07, 6.45) is 0. The van der Waals surface area contributed by atoms with E-state index < -0.39 is 0 Å². The third kappa shape index (κ3) is 1.56. The summed E-state index contributed by atoms with van der Waals surface area (Å²) in [6, 6.07) is 10.2. The molecule has 0 saturated heterocycles. The van der Waals surface area contributed by atoms with Gasteiger partial charge in [-0.25, -0.2) is 0 Å².